The molecular weight excluding hydrogens is 1220 g/mol. The molecule has 0 saturated carbocycles. The maximum atomic E-state index is 14.7. The van der Waals surface area contributed by atoms with Gasteiger partial charge >= 0.3 is 0 Å². The van der Waals surface area contributed by atoms with Gasteiger partial charge in [0.05, 0.1) is 43.0 Å². The standard InChI is InChI=1S/C59H68N10O21S/c1-4-19-86-38-16-14-32(15-17-38)31-6-10-34(11-7-31)56-66-67-57(87-56)35-12-8-33(9-13-35)51(78)62-39-22-36(71)25-61-55(82)49-50(77)28(2)26-69(49)59(84)48(43(75)24-45(60)76)65-54(81)47(42(74)20-30-5-18-41(73)44(21-30)88-91-90-89-85)64-53(80)40-23-37(72)27-68(40)58(83)46(29(3)70)63-52(39)79/h4-18,21,28-29,36-37,39-40,42-43,46-50,70-75,77,85H,1,19-20,22-27H2,2-3H3,(H2,60,76)(H,61,82)(H,62,78)(H,63,79)(H,64,80)(H,65,81)/t28?,29?,36?,37?,39-,40?,42?,43?,46?,47?,48?,49?,50?/m0/s1. The van der Waals surface area contributed by atoms with Gasteiger partial charge in [0.15, 0.2) is 11.5 Å². The van der Waals surface area contributed by atoms with Crippen LogP contribution in [0.15, 0.2) is 108 Å². The highest BCUT2D eigenvalue weighted by Crippen LogP contribution is 2.33. The number of aliphatic hydroxyl groups is 6. The number of rotatable bonds is 19. The Bertz CT molecular complexity index is 3430. The van der Waals surface area contributed by atoms with Crippen molar-refractivity contribution in [1.82, 2.24) is 46.6 Å². The minimum absolute atomic E-state index is 0.0500. The molecule has 8 rings (SSSR count). The molecule has 31 nitrogen and oxygen atoms in total. The van der Waals surface area contributed by atoms with Gasteiger partial charge in [-0.1, -0.05) is 59.3 Å². The molecule has 4 heterocycles. The number of phenols is 1. The number of amides is 8. The number of nitrogens with zero attached hydrogens (tertiary/aromatic N) is 4. The Labute approximate surface area is 522 Å². The smallest absolute Gasteiger partial charge is 0.261 e. The lowest BCUT2D eigenvalue weighted by molar-refractivity contribution is -0.433. The molecule has 15 N–H and O–H groups in total. The van der Waals surface area contributed by atoms with Crippen molar-refractivity contribution in [3.8, 4) is 51.3 Å². The van der Waals surface area contributed by atoms with Crippen molar-refractivity contribution >= 4 is 59.6 Å². The summed E-state index contributed by atoms with van der Waals surface area (Å²) in [5.41, 5.74) is 8.28. The van der Waals surface area contributed by atoms with Gasteiger partial charge in [-0.05, 0) is 84.3 Å². The molecule has 0 spiro atoms. The number of hydrogen-bond acceptors (Lipinski definition) is 24. The zero-order valence-electron chi connectivity index (χ0n) is 48.8. The fourth-order valence-corrected chi connectivity index (χ4v) is 10.8. The molecule has 0 radical (unpaired) electrons. The summed E-state index contributed by atoms with van der Waals surface area (Å²) < 4.78 is 20.8. The Balaban J connectivity index is 1.07. The number of aromatic nitrogens is 2. The molecule has 0 bridgehead atoms. The first-order valence-corrected chi connectivity index (χ1v) is 29.1. The summed E-state index contributed by atoms with van der Waals surface area (Å²) in [6.07, 6.45) is -12.1. The second-order valence-electron chi connectivity index (χ2n) is 22.0. The van der Waals surface area contributed by atoms with Gasteiger partial charge in [-0.25, -0.2) is 5.26 Å². The minimum atomic E-state index is -2.23. The monoisotopic (exact) mass is 1280 g/mol. The Kier molecular flexibility index (Phi) is 22.8. The van der Waals surface area contributed by atoms with E-state index in [1.807, 2.05) is 36.4 Å². The molecule has 3 aliphatic rings. The average Bonchev–Trinajstić information content (AvgIpc) is 1.72. The van der Waals surface area contributed by atoms with Crippen LogP contribution >= 0.6 is 12.3 Å². The van der Waals surface area contributed by atoms with Crippen LogP contribution in [0.25, 0.3) is 34.0 Å². The van der Waals surface area contributed by atoms with Gasteiger partial charge in [-0.15, -0.1) is 10.2 Å². The Morgan fingerprint density at radius 2 is 1.37 bits per heavy atom. The molecule has 3 saturated heterocycles. The summed E-state index contributed by atoms with van der Waals surface area (Å²) in [7, 11) is 0. The van der Waals surface area contributed by atoms with Crippen molar-refractivity contribution in [2.45, 2.75) is 112 Å². The molecule has 3 aliphatic heterocycles. The number of ether oxygens (including phenoxy) is 1. The number of carbonyl (C=O) groups is 8. The summed E-state index contributed by atoms with van der Waals surface area (Å²) >= 11 is 0.0522. The quantitative estimate of drug-likeness (QED) is 0.0147. The second-order valence-corrected chi connectivity index (χ2v) is 22.4. The van der Waals surface area contributed by atoms with E-state index < -0.39 is 177 Å². The third-order valence-electron chi connectivity index (χ3n) is 15.3. The van der Waals surface area contributed by atoms with Crippen molar-refractivity contribution in [3.63, 3.8) is 0 Å². The zero-order valence-corrected chi connectivity index (χ0v) is 49.6. The van der Waals surface area contributed by atoms with Gasteiger partial charge in [-0.2, -0.15) is 0 Å². The topological polar surface area (TPSA) is 467 Å². The van der Waals surface area contributed by atoms with E-state index >= 15 is 0 Å². The van der Waals surface area contributed by atoms with E-state index in [0.29, 0.717) is 23.5 Å². The van der Waals surface area contributed by atoms with E-state index in [9.17, 15) is 74.1 Å². The van der Waals surface area contributed by atoms with Crippen molar-refractivity contribution in [3.05, 3.63) is 115 Å². The highest BCUT2D eigenvalue weighted by molar-refractivity contribution is 7.90. The predicted octanol–water partition coefficient (Wildman–Crippen LogP) is -1.47. The first-order valence-electron chi connectivity index (χ1n) is 28.4. The maximum Gasteiger partial charge on any atom is 0.261 e. The molecule has 8 amide bonds. The van der Waals surface area contributed by atoms with E-state index in [2.05, 4.69) is 52.7 Å². The molecule has 13 atom stereocenters. The molecule has 0 aliphatic carbocycles. The van der Waals surface area contributed by atoms with Crippen LogP contribution in [0.2, 0.25) is 0 Å². The van der Waals surface area contributed by atoms with Crippen LogP contribution in [0, 0.1) is 5.92 Å². The largest absolute Gasteiger partial charge is 0.504 e. The second kappa shape index (κ2) is 30.6. The Hall–Kier alpha value is -9.09. The van der Waals surface area contributed by atoms with E-state index in [1.54, 1.807) is 18.2 Å². The SMILES string of the molecule is C=CCOc1ccc(-c2ccc(-c3nnc(-c4ccc(C(=O)N[C@H]5CC(O)CNC(=O)C6C(O)C(C)CN6C(=O)C(C(O)CC(N)=O)NC(=O)C(C(O)Cc6ccc(O)c(OSOOO)c6)NC(=O)C6CC(O)CN6C(=O)C(C(C)O)NC5=O)cc4)o3)cc2)cc1. The molecule has 12 unspecified atom stereocenters. The number of primary amides is 1. The number of nitrogens with one attached hydrogen (secondary N) is 5. The predicted molar refractivity (Wildman–Crippen MR) is 316 cm³/mol. The summed E-state index contributed by atoms with van der Waals surface area (Å²) in [6, 6.07) is 12.3. The number of β-amino-alcohol motifs (C(OH)–C–C–N with tert-alkyl or cyclic N) is 1. The van der Waals surface area contributed by atoms with E-state index in [-0.39, 0.29) is 41.0 Å². The number of aromatic hydroxyl groups is 1. The van der Waals surface area contributed by atoms with Crippen molar-refractivity contribution in [1.29, 1.82) is 0 Å². The van der Waals surface area contributed by atoms with Crippen LogP contribution in [-0.2, 0) is 49.4 Å². The van der Waals surface area contributed by atoms with Gasteiger partial charge in [-0.3, -0.25) is 38.4 Å². The fourth-order valence-electron chi connectivity index (χ4n) is 10.6. The lowest BCUT2D eigenvalue weighted by Crippen LogP contribution is -2.64. The van der Waals surface area contributed by atoms with Crippen LogP contribution in [0.5, 0.6) is 17.2 Å². The maximum absolute atomic E-state index is 14.7. The number of carbonyl (C=O) groups excluding carboxylic acids is 8. The van der Waals surface area contributed by atoms with Crippen molar-refractivity contribution in [2.24, 2.45) is 11.7 Å². The van der Waals surface area contributed by atoms with Gasteiger partial charge in [0.2, 0.25) is 53.1 Å². The van der Waals surface area contributed by atoms with E-state index in [0.717, 1.165) is 40.0 Å². The molecule has 5 aromatic rings. The average molecular weight is 1290 g/mol. The summed E-state index contributed by atoms with van der Waals surface area (Å²) in [4.78, 5) is 115. The highest BCUT2D eigenvalue weighted by atomic mass is 32.2. The van der Waals surface area contributed by atoms with Crippen LogP contribution in [0.4, 0.5) is 0 Å². The number of phenolic OH excluding ortho intramolecular Hbond substituents is 1. The molecule has 4 aromatic carbocycles. The van der Waals surface area contributed by atoms with Crippen LogP contribution in [0.1, 0.15) is 49.0 Å². The Morgan fingerprint density at radius 3 is 2.00 bits per heavy atom. The number of aliphatic hydroxyl groups excluding tert-OH is 6. The van der Waals surface area contributed by atoms with Crippen LogP contribution < -0.4 is 41.2 Å². The molecule has 486 valence electrons. The number of benzene rings is 4. The third kappa shape index (κ3) is 16.9. The Morgan fingerprint density at radius 1 is 0.769 bits per heavy atom. The molecule has 1 aromatic heterocycles. The summed E-state index contributed by atoms with van der Waals surface area (Å²) in [6.45, 7) is 4.83. The van der Waals surface area contributed by atoms with Gasteiger partial charge in [0.1, 0.15) is 48.6 Å². The fraction of sp³-hybridized carbons (Fsp3) is 0.390. The van der Waals surface area contributed by atoms with Crippen molar-refractivity contribution in [2.75, 3.05) is 26.2 Å². The van der Waals surface area contributed by atoms with E-state index in [4.69, 9.17) is 24.3 Å². The van der Waals surface area contributed by atoms with Gasteiger partial charge in [0, 0.05) is 61.5 Å². The van der Waals surface area contributed by atoms with Gasteiger partial charge in [0.25, 0.3) is 18.2 Å². The minimum Gasteiger partial charge on any atom is -0.504 e. The highest BCUT2D eigenvalue weighted by Gasteiger charge is 2.50. The lowest BCUT2D eigenvalue weighted by atomic mass is 9.98. The molecule has 32 heteroatoms. The normalized spacial score (nSPS) is 24.7. The summed E-state index contributed by atoms with van der Waals surface area (Å²) in [5.74, 6) is -10.3. The first kappa shape index (κ1) is 67.8. The third-order valence-corrected chi connectivity index (χ3v) is 15.7. The number of nitrogens with two attached hydrogens (primary N) is 1. The summed E-state index contributed by atoms with van der Waals surface area (Å²) in [5, 5.41) is 111. The van der Waals surface area contributed by atoms with Gasteiger partial charge < -0.3 is 91.2 Å². The molecule has 91 heavy (non-hydrogen) atoms. The number of fused-ring (bicyclic) bond motifs is 2. The van der Waals surface area contributed by atoms with Crippen molar-refractivity contribution < 1.29 is 102 Å². The lowest BCUT2D eigenvalue weighted by Gasteiger charge is -2.33. The van der Waals surface area contributed by atoms with E-state index in [1.165, 1.54) is 37.3 Å². The molecule has 3 fully saturated rings. The van der Waals surface area contributed by atoms with Crippen LogP contribution in [0.3, 0.4) is 0 Å². The number of hydrogen-bond donors (Lipinski definition) is 14. The molecular formula is C59H68N10O21S. The van der Waals surface area contributed by atoms with Crippen LogP contribution in [-0.4, -0.2) is 207 Å². The zero-order chi connectivity index (χ0) is 65.8. The first-order chi connectivity index (χ1) is 43.4.